The van der Waals surface area contributed by atoms with Crippen LogP contribution >= 0.6 is 11.8 Å². The number of fused-ring (bicyclic) bond motifs is 1. The number of allylic oxidation sites excluding steroid dienone is 1. The summed E-state index contributed by atoms with van der Waals surface area (Å²) in [6, 6.07) is 0. The van der Waals surface area contributed by atoms with Crippen molar-refractivity contribution < 1.29 is 0 Å². The molecule has 0 spiro atoms. The molecule has 0 aromatic carbocycles. The van der Waals surface area contributed by atoms with Crippen molar-refractivity contribution in [2.45, 2.75) is 49.3 Å². The summed E-state index contributed by atoms with van der Waals surface area (Å²) >= 11 is 1.54. The van der Waals surface area contributed by atoms with E-state index in [1.54, 1.807) is 30.4 Å². The molecule has 0 saturated heterocycles. The fourth-order valence-electron chi connectivity index (χ4n) is 3.11. The second kappa shape index (κ2) is 7.33. The fourth-order valence-corrected chi connectivity index (χ4v) is 4.16. The summed E-state index contributed by atoms with van der Waals surface area (Å²) in [6.07, 6.45) is 11.2. The molecule has 0 N–H and O–H groups in total. The normalized spacial score (nSPS) is 13.4. The predicted molar refractivity (Wildman–Crippen MR) is 98.8 cm³/mol. The van der Waals surface area contributed by atoms with Crippen molar-refractivity contribution in [3.05, 3.63) is 48.3 Å². The Labute approximate surface area is 156 Å². The van der Waals surface area contributed by atoms with Gasteiger partial charge in [-0.1, -0.05) is 6.08 Å². The first-order chi connectivity index (χ1) is 12.8. The smallest absolute Gasteiger partial charge is 0.198 e. The number of hydrogen-bond acceptors (Lipinski definition) is 7. The summed E-state index contributed by atoms with van der Waals surface area (Å²) in [7, 11) is 0. The van der Waals surface area contributed by atoms with Gasteiger partial charge in [0.25, 0.3) is 0 Å². The lowest BCUT2D eigenvalue weighted by Crippen LogP contribution is -2.10. The number of aromatic nitrogens is 7. The topological polar surface area (TPSA) is 82.3 Å². The monoisotopic (exact) mass is 365 g/mol. The zero-order valence-corrected chi connectivity index (χ0v) is 15.4. The lowest BCUT2D eigenvalue weighted by Gasteiger charge is -2.18. The van der Waals surface area contributed by atoms with Crippen LogP contribution in [0.15, 0.2) is 41.4 Å². The van der Waals surface area contributed by atoms with E-state index in [4.69, 9.17) is 0 Å². The minimum atomic E-state index is 0.591. The molecule has 3 aromatic rings. The molecular weight excluding hydrogens is 346 g/mol. The molecule has 3 heterocycles. The highest BCUT2D eigenvalue weighted by Crippen LogP contribution is 2.33. The lowest BCUT2D eigenvalue weighted by atomic mass is 9.97. The average molecular weight is 365 g/mol. The maximum atomic E-state index is 4.68. The molecule has 8 heteroatoms. The molecule has 7 nitrogen and oxygen atoms in total. The Balaban J connectivity index is 1.75. The van der Waals surface area contributed by atoms with Gasteiger partial charge in [0, 0.05) is 30.2 Å². The lowest BCUT2D eigenvalue weighted by molar-refractivity contribution is 0.639. The van der Waals surface area contributed by atoms with Gasteiger partial charge < -0.3 is 0 Å². The Morgan fingerprint density at radius 3 is 2.88 bits per heavy atom. The molecule has 1 aliphatic rings. The van der Waals surface area contributed by atoms with Gasteiger partial charge in [-0.2, -0.15) is 0 Å². The first-order valence-electron chi connectivity index (χ1n) is 8.61. The van der Waals surface area contributed by atoms with Gasteiger partial charge in [-0.25, -0.2) is 15.0 Å². The molecule has 132 valence electrons. The quantitative estimate of drug-likeness (QED) is 0.507. The molecule has 3 aromatic heterocycles. The largest absolute Gasteiger partial charge is 0.296 e. The van der Waals surface area contributed by atoms with Crippen molar-refractivity contribution in [2.24, 2.45) is 0 Å². The van der Waals surface area contributed by atoms with Crippen molar-refractivity contribution in [2.75, 3.05) is 0 Å². The van der Waals surface area contributed by atoms with Crippen LogP contribution in [0, 0.1) is 6.92 Å². The third-order valence-corrected chi connectivity index (χ3v) is 5.28. The predicted octanol–water partition coefficient (Wildman–Crippen LogP) is 3.05. The summed E-state index contributed by atoms with van der Waals surface area (Å²) in [4.78, 5) is 17.8. The molecule has 0 radical (unpaired) electrons. The van der Waals surface area contributed by atoms with Crippen molar-refractivity contribution in [3.8, 4) is 11.5 Å². The zero-order chi connectivity index (χ0) is 17.9. The average Bonchev–Trinajstić information content (AvgIpc) is 3.05. The van der Waals surface area contributed by atoms with Crippen molar-refractivity contribution in [3.63, 3.8) is 0 Å². The van der Waals surface area contributed by atoms with Gasteiger partial charge in [-0.15, -0.1) is 16.8 Å². The van der Waals surface area contributed by atoms with Gasteiger partial charge in [0.05, 0.1) is 6.20 Å². The summed E-state index contributed by atoms with van der Waals surface area (Å²) in [6.45, 7) is 6.39. The van der Waals surface area contributed by atoms with Gasteiger partial charge >= 0.3 is 0 Å². The zero-order valence-electron chi connectivity index (χ0n) is 14.6. The van der Waals surface area contributed by atoms with E-state index in [2.05, 4.69) is 36.7 Å². The van der Waals surface area contributed by atoms with Crippen molar-refractivity contribution in [1.29, 1.82) is 0 Å². The molecule has 0 atom stereocenters. The molecule has 0 amide bonds. The van der Waals surface area contributed by atoms with Crippen LogP contribution in [0.4, 0.5) is 0 Å². The van der Waals surface area contributed by atoms with E-state index in [0.717, 1.165) is 28.8 Å². The first-order valence-corrected chi connectivity index (χ1v) is 9.42. The van der Waals surface area contributed by atoms with Gasteiger partial charge in [0.2, 0.25) is 0 Å². The highest BCUT2D eigenvalue weighted by molar-refractivity contribution is 7.99. The highest BCUT2D eigenvalue weighted by atomic mass is 32.2. The van der Waals surface area contributed by atoms with Crippen molar-refractivity contribution >= 4 is 11.8 Å². The summed E-state index contributed by atoms with van der Waals surface area (Å²) in [5, 5.41) is 10.5. The summed E-state index contributed by atoms with van der Waals surface area (Å²) < 4.78 is 1.99. The van der Waals surface area contributed by atoms with E-state index in [9.17, 15) is 0 Å². The second-order valence-electron chi connectivity index (χ2n) is 6.11. The van der Waals surface area contributed by atoms with E-state index in [1.165, 1.54) is 24.1 Å². The molecule has 0 unspecified atom stereocenters. The molecule has 0 aliphatic heterocycles. The van der Waals surface area contributed by atoms with Gasteiger partial charge in [0.1, 0.15) is 16.5 Å². The van der Waals surface area contributed by atoms with Crippen LogP contribution in [-0.4, -0.2) is 34.7 Å². The molecule has 1 aliphatic carbocycles. The van der Waals surface area contributed by atoms with E-state index < -0.39 is 0 Å². The number of nitrogens with zero attached hydrogens (tertiary/aromatic N) is 7. The van der Waals surface area contributed by atoms with E-state index >= 15 is 0 Å². The molecule has 4 rings (SSSR count). The maximum Gasteiger partial charge on any atom is 0.198 e. The minimum absolute atomic E-state index is 0.591. The Morgan fingerprint density at radius 2 is 2.08 bits per heavy atom. The summed E-state index contributed by atoms with van der Waals surface area (Å²) in [5.41, 5.74) is 3.12. The van der Waals surface area contributed by atoms with Crippen molar-refractivity contribution in [1.82, 2.24) is 34.7 Å². The van der Waals surface area contributed by atoms with Crippen LogP contribution in [0.2, 0.25) is 0 Å². The first kappa shape index (κ1) is 16.8. The number of hydrogen-bond donors (Lipinski definition) is 0. The van der Waals surface area contributed by atoms with Gasteiger partial charge in [-0.3, -0.25) is 9.55 Å². The van der Waals surface area contributed by atoms with Gasteiger partial charge in [0.15, 0.2) is 11.0 Å². The highest BCUT2D eigenvalue weighted by Gasteiger charge is 2.21. The second-order valence-corrected chi connectivity index (χ2v) is 7.06. The SMILES string of the molecule is C=CCn1c(Sc2nc(C)nc3c2CCCC3)nnc1-c1cnccn1. The van der Waals surface area contributed by atoms with Crippen LogP contribution in [-0.2, 0) is 19.4 Å². The molecule has 0 saturated carbocycles. The number of rotatable bonds is 5. The van der Waals surface area contributed by atoms with Crippen LogP contribution in [0.1, 0.15) is 29.9 Å². The molecule has 26 heavy (non-hydrogen) atoms. The minimum Gasteiger partial charge on any atom is -0.296 e. The molecular formula is C18H19N7S. The standard InChI is InChI=1S/C18H19N7S/c1-3-10-25-16(15-11-19-8-9-20-15)23-24-18(25)26-17-13-6-4-5-7-14(13)21-12(2)22-17/h3,8-9,11H,1,4-7,10H2,2H3. The van der Waals surface area contributed by atoms with Crippen LogP contribution in [0.3, 0.4) is 0 Å². The van der Waals surface area contributed by atoms with E-state index in [1.807, 2.05) is 17.6 Å². The Hall–Kier alpha value is -2.61. The Bertz CT molecular complexity index is 936. The van der Waals surface area contributed by atoms with E-state index in [-0.39, 0.29) is 0 Å². The Kier molecular flexibility index (Phi) is 4.75. The fraction of sp³-hybridized carbons (Fsp3) is 0.333. The van der Waals surface area contributed by atoms with Crippen LogP contribution < -0.4 is 0 Å². The maximum absolute atomic E-state index is 4.68. The van der Waals surface area contributed by atoms with Crippen LogP contribution in [0.25, 0.3) is 11.5 Å². The van der Waals surface area contributed by atoms with Crippen LogP contribution in [0.5, 0.6) is 0 Å². The van der Waals surface area contributed by atoms with E-state index in [0.29, 0.717) is 18.1 Å². The van der Waals surface area contributed by atoms with Gasteiger partial charge in [-0.05, 0) is 44.4 Å². The Morgan fingerprint density at radius 1 is 1.19 bits per heavy atom. The molecule has 0 fully saturated rings. The molecule has 0 bridgehead atoms. The summed E-state index contributed by atoms with van der Waals surface area (Å²) in [5.74, 6) is 1.48. The number of aryl methyl sites for hydroxylation is 2. The third kappa shape index (κ3) is 3.24. The third-order valence-electron chi connectivity index (χ3n) is 4.27.